The Hall–Kier alpha value is -0.770. The van der Waals surface area contributed by atoms with E-state index in [1.54, 1.807) is 0 Å². The lowest BCUT2D eigenvalue weighted by Crippen LogP contribution is -2.44. The molecule has 1 aliphatic heterocycles. The first-order valence-corrected chi connectivity index (χ1v) is 3.26. The van der Waals surface area contributed by atoms with Crippen LogP contribution in [0.5, 0.6) is 0 Å². The van der Waals surface area contributed by atoms with Crippen molar-refractivity contribution in [3.8, 4) is 0 Å². The Balaban J connectivity index is 2.67. The summed E-state index contributed by atoms with van der Waals surface area (Å²) in [7, 11) is 0. The molecule has 4 heteroatoms. The van der Waals surface area contributed by atoms with Gasteiger partial charge in [0, 0.05) is 6.54 Å². The van der Waals surface area contributed by atoms with Gasteiger partial charge in [-0.15, -0.1) is 0 Å². The zero-order valence-corrected chi connectivity index (χ0v) is 6.18. The van der Waals surface area contributed by atoms with Gasteiger partial charge in [0.1, 0.15) is 5.60 Å². The molecule has 1 heterocycles. The zero-order chi connectivity index (χ0) is 7.78. The lowest BCUT2D eigenvalue weighted by molar-refractivity contribution is 0.0701. The first kappa shape index (κ1) is 7.34. The number of hydrogen-bond donors (Lipinski definition) is 2. The molecule has 0 aromatic heterocycles. The molecule has 0 aromatic rings. The Morgan fingerprint density at radius 1 is 1.80 bits per heavy atom. The van der Waals surface area contributed by atoms with Crippen LogP contribution in [0.25, 0.3) is 0 Å². The number of nitrogens with one attached hydrogen (secondary N) is 1. The van der Waals surface area contributed by atoms with Crippen molar-refractivity contribution in [3.05, 3.63) is 0 Å². The number of cyclic esters (lactones) is 1. The quantitative estimate of drug-likeness (QED) is 0.537. The molecule has 0 radical (unpaired) electrons. The van der Waals surface area contributed by atoms with Crippen LogP contribution < -0.4 is 11.1 Å². The highest BCUT2D eigenvalue weighted by Gasteiger charge is 2.39. The molecule has 1 atom stereocenters. The summed E-state index contributed by atoms with van der Waals surface area (Å²) >= 11 is 0. The Morgan fingerprint density at radius 3 is 2.60 bits per heavy atom. The molecular weight excluding hydrogens is 132 g/mol. The number of ether oxygens (including phenoxy) is 1. The molecule has 10 heavy (non-hydrogen) atoms. The van der Waals surface area contributed by atoms with Crippen LogP contribution >= 0.6 is 0 Å². The summed E-state index contributed by atoms with van der Waals surface area (Å²) in [6.45, 7) is 4.09. The van der Waals surface area contributed by atoms with Gasteiger partial charge in [-0.05, 0) is 13.8 Å². The normalized spacial score (nSPS) is 29.5. The fraction of sp³-hybridized carbons (Fsp3) is 0.833. The number of carbonyl (C=O) groups excluding carboxylic acids is 1. The minimum atomic E-state index is -0.453. The highest BCUT2D eigenvalue weighted by Crippen LogP contribution is 2.19. The molecule has 0 aliphatic carbocycles. The molecule has 0 saturated carbocycles. The summed E-state index contributed by atoms with van der Waals surface area (Å²) in [4.78, 5) is 10.6. The van der Waals surface area contributed by atoms with E-state index >= 15 is 0 Å². The van der Waals surface area contributed by atoms with Crippen molar-refractivity contribution in [1.82, 2.24) is 5.32 Å². The second-order valence-corrected chi connectivity index (χ2v) is 2.93. The molecule has 1 rings (SSSR count). The average molecular weight is 144 g/mol. The van der Waals surface area contributed by atoms with E-state index in [0.717, 1.165) is 0 Å². The number of hydrogen-bond acceptors (Lipinski definition) is 3. The van der Waals surface area contributed by atoms with Gasteiger partial charge in [0.2, 0.25) is 0 Å². The van der Waals surface area contributed by atoms with Crippen molar-refractivity contribution in [1.29, 1.82) is 0 Å². The van der Waals surface area contributed by atoms with Crippen molar-refractivity contribution in [3.63, 3.8) is 0 Å². The molecule has 0 unspecified atom stereocenters. The number of carbonyl (C=O) groups is 1. The molecule has 58 valence electrons. The van der Waals surface area contributed by atoms with Crippen molar-refractivity contribution in [2.24, 2.45) is 5.73 Å². The van der Waals surface area contributed by atoms with Crippen LogP contribution in [0.4, 0.5) is 4.79 Å². The van der Waals surface area contributed by atoms with E-state index in [9.17, 15) is 4.79 Å². The van der Waals surface area contributed by atoms with Gasteiger partial charge < -0.3 is 15.8 Å². The molecule has 1 fully saturated rings. The van der Waals surface area contributed by atoms with Crippen LogP contribution in [-0.2, 0) is 4.74 Å². The number of amides is 1. The smallest absolute Gasteiger partial charge is 0.408 e. The summed E-state index contributed by atoms with van der Waals surface area (Å²) in [5.74, 6) is 0. The molecule has 3 N–H and O–H groups in total. The second kappa shape index (κ2) is 2.12. The molecular formula is C6H12N2O2. The summed E-state index contributed by atoms with van der Waals surface area (Å²) in [5, 5.41) is 2.61. The molecule has 1 saturated heterocycles. The SMILES string of the molecule is CC1(C)OC(=O)N[C@H]1CN. The monoisotopic (exact) mass is 144 g/mol. The predicted molar refractivity (Wildman–Crippen MR) is 36.5 cm³/mol. The third-order valence-electron chi connectivity index (χ3n) is 1.72. The number of alkyl carbamates (subject to hydrolysis) is 1. The summed E-state index contributed by atoms with van der Waals surface area (Å²) in [5.41, 5.74) is 4.92. The van der Waals surface area contributed by atoms with Gasteiger partial charge in [0.25, 0.3) is 0 Å². The Bertz CT molecular complexity index is 156. The van der Waals surface area contributed by atoms with Crippen molar-refractivity contribution in [2.75, 3.05) is 6.54 Å². The third kappa shape index (κ3) is 1.07. The fourth-order valence-corrected chi connectivity index (χ4v) is 0.998. The van der Waals surface area contributed by atoms with Gasteiger partial charge in [-0.2, -0.15) is 0 Å². The van der Waals surface area contributed by atoms with E-state index in [0.29, 0.717) is 6.54 Å². The molecule has 0 bridgehead atoms. The van der Waals surface area contributed by atoms with Gasteiger partial charge in [-0.25, -0.2) is 4.79 Å². The lowest BCUT2D eigenvalue weighted by Gasteiger charge is -2.21. The van der Waals surface area contributed by atoms with E-state index in [2.05, 4.69) is 5.32 Å². The minimum absolute atomic E-state index is 0.0556. The van der Waals surface area contributed by atoms with Crippen LogP contribution in [0.1, 0.15) is 13.8 Å². The summed E-state index contributed by atoms with van der Waals surface area (Å²) in [6.07, 6.45) is -0.375. The second-order valence-electron chi connectivity index (χ2n) is 2.93. The van der Waals surface area contributed by atoms with Gasteiger partial charge in [0.15, 0.2) is 0 Å². The molecule has 1 aliphatic rings. The summed E-state index contributed by atoms with van der Waals surface area (Å²) < 4.78 is 4.92. The van der Waals surface area contributed by atoms with E-state index in [-0.39, 0.29) is 12.1 Å². The van der Waals surface area contributed by atoms with Crippen LogP contribution in [0, 0.1) is 0 Å². The molecule has 0 spiro atoms. The van der Waals surface area contributed by atoms with Gasteiger partial charge >= 0.3 is 6.09 Å². The largest absolute Gasteiger partial charge is 0.441 e. The van der Waals surface area contributed by atoms with Crippen LogP contribution in [-0.4, -0.2) is 24.3 Å². The van der Waals surface area contributed by atoms with Crippen LogP contribution in [0.15, 0.2) is 0 Å². The highest BCUT2D eigenvalue weighted by atomic mass is 16.6. The average Bonchev–Trinajstić information content (AvgIpc) is 2.04. The number of rotatable bonds is 1. The molecule has 1 amide bonds. The topological polar surface area (TPSA) is 64.3 Å². The van der Waals surface area contributed by atoms with E-state index < -0.39 is 5.60 Å². The number of nitrogens with two attached hydrogens (primary N) is 1. The standard InChI is InChI=1S/C6H12N2O2/c1-6(2)4(3-7)8-5(9)10-6/h4H,3,7H2,1-2H3,(H,8,9)/t4-/m0/s1. The summed E-state index contributed by atoms with van der Waals surface area (Å²) in [6, 6.07) is -0.0556. The maximum atomic E-state index is 10.6. The minimum Gasteiger partial charge on any atom is -0.441 e. The van der Waals surface area contributed by atoms with E-state index in [1.165, 1.54) is 0 Å². The zero-order valence-electron chi connectivity index (χ0n) is 6.18. The fourth-order valence-electron chi connectivity index (χ4n) is 0.998. The molecule has 4 nitrogen and oxygen atoms in total. The lowest BCUT2D eigenvalue weighted by atomic mass is 10.0. The maximum Gasteiger partial charge on any atom is 0.408 e. The Morgan fingerprint density at radius 2 is 2.40 bits per heavy atom. The van der Waals surface area contributed by atoms with Crippen molar-refractivity contribution < 1.29 is 9.53 Å². The third-order valence-corrected chi connectivity index (χ3v) is 1.72. The van der Waals surface area contributed by atoms with Crippen LogP contribution in [0.3, 0.4) is 0 Å². The van der Waals surface area contributed by atoms with Gasteiger partial charge in [-0.1, -0.05) is 0 Å². The van der Waals surface area contributed by atoms with Crippen LogP contribution in [0.2, 0.25) is 0 Å². The predicted octanol–water partition coefficient (Wildman–Crippen LogP) is -0.168. The highest BCUT2D eigenvalue weighted by molar-refractivity contribution is 5.71. The molecule has 0 aromatic carbocycles. The first-order chi connectivity index (χ1) is 4.56. The maximum absolute atomic E-state index is 10.6. The Labute approximate surface area is 59.7 Å². The Kier molecular flexibility index (Phi) is 1.56. The van der Waals surface area contributed by atoms with E-state index in [1.807, 2.05) is 13.8 Å². The van der Waals surface area contributed by atoms with Gasteiger partial charge in [0.05, 0.1) is 6.04 Å². The van der Waals surface area contributed by atoms with Crippen molar-refractivity contribution in [2.45, 2.75) is 25.5 Å². The van der Waals surface area contributed by atoms with E-state index in [4.69, 9.17) is 10.5 Å². The van der Waals surface area contributed by atoms with Gasteiger partial charge in [-0.3, -0.25) is 0 Å². The first-order valence-electron chi connectivity index (χ1n) is 3.26. The van der Waals surface area contributed by atoms with Crippen molar-refractivity contribution >= 4 is 6.09 Å².